The largest absolute Gasteiger partial charge is 0.493 e. The summed E-state index contributed by atoms with van der Waals surface area (Å²) in [7, 11) is -1.74. The van der Waals surface area contributed by atoms with Crippen molar-refractivity contribution in [2.75, 3.05) is 32.5 Å². The minimum absolute atomic E-state index is 0.0192. The number of nitrogens with one attached hydrogen (secondary N) is 2. The summed E-state index contributed by atoms with van der Waals surface area (Å²) in [4.78, 5) is 4.81. The van der Waals surface area contributed by atoms with E-state index in [0.717, 1.165) is 0 Å². The van der Waals surface area contributed by atoms with Crippen LogP contribution in [0.5, 0.6) is 11.5 Å². The quantitative estimate of drug-likeness (QED) is 0.454. The number of sulfone groups is 1. The number of para-hydroxylation sites is 2. The third kappa shape index (κ3) is 7.30. The van der Waals surface area contributed by atoms with Gasteiger partial charge in [0.05, 0.1) is 24.3 Å². The highest BCUT2D eigenvalue weighted by molar-refractivity contribution is 7.91. The molecule has 2 aromatic rings. The second-order valence-electron chi connectivity index (χ2n) is 6.36. The number of guanidine groups is 1. The number of nitrogens with zero attached hydrogens (tertiary/aromatic N) is 1. The summed E-state index contributed by atoms with van der Waals surface area (Å²) in [6.45, 7) is 5.19. The van der Waals surface area contributed by atoms with E-state index in [1.807, 2.05) is 38.1 Å². The number of methoxy groups -OCH3 is 1. The van der Waals surface area contributed by atoms with E-state index in [-0.39, 0.29) is 18.4 Å². The lowest BCUT2D eigenvalue weighted by atomic mass is 10.3. The summed E-state index contributed by atoms with van der Waals surface area (Å²) in [5.74, 6) is 1.85. The summed E-state index contributed by atoms with van der Waals surface area (Å²) in [6, 6.07) is 15.9. The summed E-state index contributed by atoms with van der Waals surface area (Å²) < 4.78 is 35.9. The molecule has 7 nitrogen and oxygen atoms in total. The molecule has 0 aliphatic carbocycles. The highest BCUT2D eigenvalue weighted by Crippen LogP contribution is 2.26. The third-order valence-corrected chi connectivity index (χ3v) is 5.75. The monoisotopic (exact) mass is 419 g/mol. The summed E-state index contributed by atoms with van der Waals surface area (Å²) in [5.41, 5.74) is 0. The number of ether oxygens (including phenoxy) is 2. The summed E-state index contributed by atoms with van der Waals surface area (Å²) in [6.07, 6.45) is -0.185. The first-order valence-corrected chi connectivity index (χ1v) is 11.2. The molecule has 8 heteroatoms. The van der Waals surface area contributed by atoms with Crippen LogP contribution in [0.15, 0.2) is 64.5 Å². The Balaban J connectivity index is 1.90. The van der Waals surface area contributed by atoms with E-state index >= 15 is 0 Å². The number of hydrogen-bond acceptors (Lipinski definition) is 5. The average Bonchev–Trinajstić information content (AvgIpc) is 2.73. The van der Waals surface area contributed by atoms with Gasteiger partial charge in [0.2, 0.25) is 0 Å². The molecule has 1 unspecified atom stereocenters. The van der Waals surface area contributed by atoms with Crippen LogP contribution < -0.4 is 20.1 Å². The van der Waals surface area contributed by atoms with Crippen LogP contribution in [0.25, 0.3) is 0 Å². The Morgan fingerprint density at radius 2 is 1.69 bits per heavy atom. The van der Waals surface area contributed by atoms with Gasteiger partial charge in [0, 0.05) is 13.1 Å². The van der Waals surface area contributed by atoms with Crippen molar-refractivity contribution in [1.82, 2.24) is 10.6 Å². The fourth-order valence-electron chi connectivity index (χ4n) is 2.58. The first kappa shape index (κ1) is 22.5. The Hall–Kier alpha value is -2.74. The maximum Gasteiger partial charge on any atom is 0.191 e. The Bertz CT molecular complexity index is 886. The lowest BCUT2D eigenvalue weighted by Crippen LogP contribution is -2.40. The van der Waals surface area contributed by atoms with Gasteiger partial charge in [0.25, 0.3) is 0 Å². The van der Waals surface area contributed by atoms with E-state index in [4.69, 9.17) is 9.47 Å². The first-order valence-electron chi connectivity index (χ1n) is 9.56. The zero-order valence-electron chi connectivity index (χ0n) is 17.1. The van der Waals surface area contributed by atoms with Gasteiger partial charge in [0.1, 0.15) is 6.10 Å². The minimum atomic E-state index is -3.33. The van der Waals surface area contributed by atoms with E-state index in [1.165, 1.54) is 0 Å². The molecule has 0 aliphatic rings. The van der Waals surface area contributed by atoms with Crippen molar-refractivity contribution in [3.63, 3.8) is 0 Å². The molecule has 0 saturated heterocycles. The molecular weight excluding hydrogens is 390 g/mol. The molecule has 0 aliphatic heterocycles. The lowest BCUT2D eigenvalue weighted by molar-refractivity contribution is 0.219. The Morgan fingerprint density at radius 1 is 1.03 bits per heavy atom. The third-order valence-electron chi connectivity index (χ3n) is 4.01. The van der Waals surface area contributed by atoms with Gasteiger partial charge >= 0.3 is 0 Å². The standard InChI is InChI=1S/C21H29N3O4S/c1-4-22-21(23-14-15-29(25,26)18-10-6-5-7-11-18)24-16-17(2)28-20-13-9-8-12-19(20)27-3/h5-13,17H,4,14-16H2,1-3H3,(H2,22,23,24). The Morgan fingerprint density at radius 3 is 2.34 bits per heavy atom. The van der Waals surface area contributed by atoms with E-state index in [2.05, 4.69) is 15.6 Å². The van der Waals surface area contributed by atoms with Gasteiger partial charge < -0.3 is 20.1 Å². The van der Waals surface area contributed by atoms with Gasteiger partial charge in [-0.1, -0.05) is 30.3 Å². The van der Waals surface area contributed by atoms with Crippen LogP contribution in [-0.2, 0) is 9.84 Å². The molecule has 0 bridgehead atoms. The molecule has 2 rings (SSSR count). The SMILES string of the molecule is CCNC(=NCC(C)Oc1ccccc1OC)NCCS(=O)(=O)c1ccccc1. The summed E-state index contributed by atoms with van der Waals surface area (Å²) >= 11 is 0. The number of rotatable bonds is 10. The van der Waals surface area contributed by atoms with Gasteiger partial charge in [-0.2, -0.15) is 0 Å². The van der Waals surface area contributed by atoms with Crippen molar-refractivity contribution in [3.05, 3.63) is 54.6 Å². The number of hydrogen-bond donors (Lipinski definition) is 2. The number of benzene rings is 2. The van der Waals surface area contributed by atoms with Crippen LogP contribution >= 0.6 is 0 Å². The van der Waals surface area contributed by atoms with Crippen LogP contribution in [0.1, 0.15) is 13.8 Å². The van der Waals surface area contributed by atoms with Crippen LogP contribution in [0, 0.1) is 0 Å². The first-order chi connectivity index (χ1) is 14.0. The van der Waals surface area contributed by atoms with Gasteiger partial charge in [-0.05, 0) is 38.1 Å². The molecule has 2 aromatic carbocycles. The van der Waals surface area contributed by atoms with E-state index in [0.29, 0.717) is 35.4 Å². The molecule has 0 aromatic heterocycles. The van der Waals surface area contributed by atoms with E-state index < -0.39 is 9.84 Å². The fourth-order valence-corrected chi connectivity index (χ4v) is 3.76. The smallest absolute Gasteiger partial charge is 0.191 e. The van der Waals surface area contributed by atoms with Crippen molar-refractivity contribution >= 4 is 15.8 Å². The molecule has 0 saturated carbocycles. The van der Waals surface area contributed by atoms with Gasteiger partial charge in [-0.3, -0.25) is 0 Å². The topological polar surface area (TPSA) is 89.0 Å². The summed E-state index contributed by atoms with van der Waals surface area (Å²) in [5, 5.41) is 6.18. The Labute approximate surface area is 173 Å². The van der Waals surface area contributed by atoms with Crippen molar-refractivity contribution in [2.24, 2.45) is 4.99 Å². The molecule has 0 amide bonds. The van der Waals surface area contributed by atoms with Crippen LogP contribution in [0.4, 0.5) is 0 Å². The number of aliphatic imine (C=N–C) groups is 1. The van der Waals surface area contributed by atoms with E-state index in [1.54, 1.807) is 37.4 Å². The van der Waals surface area contributed by atoms with Gasteiger partial charge in [-0.25, -0.2) is 13.4 Å². The molecule has 1 atom stereocenters. The molecule has 0 spiro atoms. The highest BCUT2D eigenvalue weighted by atomic mass is 32.2. The molecule has 158 valence electrons. The lowest BCUT2D eigenvalue weighted by Gasteiger charge is -2.16. The van der Waals surface area contributed by atoms with E-state index in [9.17, 15) is 8.42 Å². The molecule has 0 radical (unpaired) electrons. The average molecular weight is 420 g/mol. The maximum atomic E-state index is 12.4. The molecule has 2 N–H and O–H groups in total. The second-order valence-corrected chi connectivity index (χ2v) is 8.47. The maximum absolute atomic E-state index is 12.4. The Kier molecular flexibility index (Phi) is 8.79. The van der Waals surface area contributed by atoms with Crippen molar-refractivity contribution < 1.29 is 17.9 Å². The molecule has 0 fully saturated rings. The minimum Gasteiger partial charge on any atom is -0.493 e. The zero-order valence-corrected chi connectivity index (χ0v) is 17.9. The fraction of sp³-hybridized carbons (Fsp3) is 0.381. The second kappa shape index (κ2) is 11.3. The van der Waals surface area contributed by atoms with Gasteiger partial charge in [0.15, 0.2) is 27.3 Å². The predicted molar refractivity (Wildman–Crippen MR) is 116 cm³/mol. The van der Waals surface area contributed by atoms with Gasteiger partial charge in [-0.15, -0.1) is 0 Å². The van der Waals surface area contributed by atoms with Crippen LogP contribution in [-0.4, -0.2) is 53.0 Å². The highest BCUT2D eigenvalue weighted by Gasteiger charge is 2.14. The molecule has 0 heterocycles. The van der Waals surface area contributed by atoms with Crippen LogP contribution in [0.2, 0.25) is 0 Å². The van der Waals surface area contributed by atoms with Crippen LogP contribution in [0.3, 0.4) is 0 Å². The van der Waals surface area contributed by atoms with Crippen molar-refractivity contribution in [1.29, 1.82) is 0 Å². The molecule has 29 heavy (non-hydrogen) atoms. The molecular formula is C21H29N3O4S. The predicted octanol–water partition coefficient (Wildman–Crippen LogP) is 2.49. The normalized spacial score (nSPS) is 12.9. The zero-order chi connectivity index (χ0) is 21.1. The van der Waals surface area contributed by atoms with Crippen molar-refractivity contribution in [2.45, 2.75) is 24.8 Å². The van der Waals surface area contributed by atoms with Crippen molar-refractivity contribution in [3.8, 4) is 11.5 Å².